The number of aryl methyl sites for hydroxylation is 1. The van der Waals surface area contributed by atoms with E-state index in [1.54, 1.807) is 36.4 Å². The summed E-state index contributed by atoms with van der Waals surface area (Å²) in [6.07, 6.45) is 1.47. The Morgan fingerprint density at radius 3 is 1.84 bits per heavy atom. The van der Waals surface area contributed by atoms with Crippen LogP contribution in [0.4, 0.5) is 17.2 Å². The van der Waals surface area contributed by atoms with E-state index >= 15 is 0 Å². The van der Waals surface area contributed by atoms with E-state index in [1.165, 1.54) is 17.3 Å². The van der Waals surface area contributed by atoms with Gasteiger partial charge in [-0.1, -0.05) is 68.4 Å². The highest BCUT2D eigenvalue weighted by molar-refractivity contribution is 7.91. The standard InChI is InChI=1S/C27H24N2O2S/c1-19-17-21(32(30,31)20-11-5-4-6-12-20)18-28-26(19)29-24-15-9-7-13-22(24)27(2,3)23-14-8-10-16-25(23)29/h4-18H,1-3H3. The van der Waals surface area contributed by atoms with Gasteiger partial charge in [0.25, 0.3) is 0 Å². The molecular formula is C27H24N2O2S. The molecule has 5 heteroatoms. The molecule has 160 valence electrons. The molecule has 0 fully saturated rings. The first-order valence-corrected chi connectivity index (χ1v) is 12.1. The molecule has 0 amide bonds. The van der Waals surface area contributed by atoms with Crippen LogP contribution < -0.4 is 4.90 Å². The third kappa shape index (κ3) is 3.04. The molecule has 1 aliphatic rings. The Morgan fingerprint density at radius 2 is 1.28 bits per heavy atom. The Hall–Kier alpha value is -3.44. The van der Waals surface area contributed by atoms with Crippen LogP contribution in [0.3, 0.4) is 0 Å². The molecule has 5 rings (SSSR count). The zero-order valence-corrected chi connectivity index (χ0v) is 19.1. The van der Waals surface area contributed by atoms with E-state index in [0.717, 1.165) is 22.8 Å². The van der Waals surface area contributed by atoms with Gasteiger partial charge in [-0.05, 0) is 53.9 Å². The molecule has 32 heavy (non-hydrogen) atoms. The number of anilines is 3. The van der Waals surface area contributed by atoms with Crippen molar-refractivity contribution in [2.45, 2.75) is 36.0 Å². The molecule has 0 atom stereocenters. The summed E-state index contributed by atoms with van der Waals surface area (Å²) < 4.78 is 26.2. The van der Waals surface area contributed by atoms with Crippen LogP contribution >= 0.6 is 0 Å². The minimum Gasteiger partial charge on any atom is -0.294 e. The lowest BCUT2D eigenvalue weighted by atomic mass is 9.73. The van der Waals surface area contributed by atoms with Gasteiger partial charge in [-0.2, -0.15) is 0 Å². The van der Waals surface area contributed by atoms with Gasteiger partial charge in [0.1, 0.15) is 5.82 Å². The summed E-state index contributed by atoms with van der Waals surface area (Å²) in [5, 5.41) is 0. The molecule has 0 aliphatic carbocycles. The molecule has 1 aliphatic heterocycles. The number of rotatable bonds is 3. The predicted octanol–water partition coefficient (Wildman–Crippen LogP) is 6.33. The maximum absolute atomic E-state index is 13.1. The van der Waals surface area contributed by atoms with Crippen LogP contribution in [0.2, 0.25) is 0 Å². The van der Waals surface area contributed by atoms with Crippen LogP contribution in [-0.4, -0.2) is 13.4 Å². The van der Waals surface area contributed by atoms with E-state index in [9.17, 15) is 8.42 Å². The summed E-state index contributed by atoms with van der Waals surface area (Å²) in [4.78, 5) is 7.29. The van der Waals surface area contributed by atoms with Gasteiger partial charge in [0, 0.05) is 11.6 Å². The average molecular weight is 441 g/mol. The van der Waals surface area contributed by atoms with Crippen molar-refractivity contribution in [2.24, 2.45) is 0 Å². The van der Waals surface area contributed by atoms with E-state index in [-0.39, 0.29) is 15.2 Å². The van der Waals surface area contributed by atoms with Gasteiger partial charge in [0.05, 0.1) is 21.2 Å². The summed E-state index contributed by atoms with van der Waals surface area (Å²) >= 11 is 0. The lowest BCUT2D eigenvalue weighted by Crippen LogP contribution is -2.31. The van der Waals surface area contributed by atoms with Gasteiger partial charge in [0.15, 0.2) is 0 Å². The molecule has 0 spiro atoms. The Labute approximate surface area is 189 Å². The Balaban J connectivity index is 1.69. The second-order valence-corrected chi connectivity index (χ2v) is 10.6. The molecule has 4 aromatic rings. The van der Waals surface area contributed by atoms with Crippen molar-refractivity contribution >= 4 is 27.0 Å². The Kier molecular flexibility index (Phi) is 4.68. The normalized spacial score (nSPS) is 14.5. The summed E-state index contributed by atoms with van der Waals surface area (Å²) in [6, 6.07) is 26.9. The summed E-state index contributed by atoms with van der Waals surface area (Å²) in [7, 11) is -3.63. The maximum atomic E-state index is 13.1. The topological polar surface area (TPSA) is 50.3 Å². The SMILES string of the molecule is Cc1cc(S(=O)(=O)c2ccccc2)cnc1N1c2ccccc2C(C)(C)c2ccccc21. The van der Waals surface area contributed by atoms with Crippen LogP contribution in [0.1, 0.15) is 30.5 Å². The largest absolute Gasteiger partial charge is 0.294 e. The fourth-order valence-electron chi connectivity index (χ4n) is 4.56. The van der Waals surface area contributed by atoms with E-state index in [2.05, 4.69) is 60.1 Å². The Bertz CT molecular complexity index is 1380. The van der Waals surface area contributed by atoms with Crippen LogP contribution in [0.25, 0.3) is 0 Å². The molecule has 0 N–H and O–H groups in total. The number of fused-ring (bicyclic) bond motifs is 2. The summed E-state index contributed by atoms with van der Waals surface area (Å²) in [5.41, 5.74) is 5.18. The minimum absolute atomic E-state index is 0.159. The van der Waals surface area contributed by atoms with Crippen LogP contribution in [-0.2, 0) is 15.3 Å². The fraction of sp³-hybridized carbons (Fsp3) is 0.148. The third-order valence-electron chi connectivity index (χ3n) is 6.24. The summed E-state index contributed by atoms with van der Waals surface area (Å²) in [5.74, 6) is 0.729. The average Bonchev–Trinajstić information content (AvgIpc) is 2.81. The van der Waals surface area contributed by atoms with Gasteiger partial charge in [0.2, 0.25) is 9.84 Å². The molecule has 0 bridgehead atoms. The van der Waals surface area contributed by atoms with E-state index in [0.29, 0.717) is 0 Å². The lowest BCUT2D eigenvalue weighted by Gasteiger charge is -2.41. The van der Waals surface area contributed by atoms with Crippen LogP contribution in [0.5, 0.6) is 0 Å². The second kappa shape index (κ2) is 7.31. The highest BCUT2D eigenvalue weighted by Crippen LogP contribution is 2.51. The molecule has 0 saturated heterocycles. The van der Waals surface area contributed by atoms with Gasteiger partial charge < -0.3 is 0 Å². The van der Waals surface area contributed by atoms with Crippen LogP contribution in [0.15, 0.2) is 101 Å². The van der Waals surface area contributed by atoms with Crippen LogP contribution in [0, 0.1) is 6.92 Å². The molecule has 0 radical (unpaired) electrons. The van der Waals surface area contributed by atoms with E-state index in [4.69, 9.17) is 0 Å². The van der Waals surface area contributed by atoms with Crippen molar-refractivity contribution in [3.05, 3.63) is 108 Å². The fourth-order valence-corrected chi connectivity index (χ4v) is 5.87. The number of sulfone groups is 1. The van der Waals surface area contributed by atoms with Gasteiger partial charge >= 0.3 is 0 Å². The molecule has 1 aromatic heterocycles. The second-order valence-electron chi connectivity index (χ2n) is 8.62. The Morgan fingerprint density at radius 1 is 0.750 bits per heavy atom. The first-order chi connectivity index (χ1) is 15.3. The third-order valence-corrected chi connectivity index (χ3v) is 7.97. The minimum atomic E-state index is -3.63. The molecule has 0 unspecified atom stereocenters. The zero-order chi connectivity index (χ0) is 22.5. The zero-order valence-electron chi connectivity index (χ0n) is 18.3. The molecule has 3 aromatic carbocycles. The number of hydrogen-bond donors (Lipinski definition) is 0. The number of hydrogen-bond acceptors (Lipinski definition) is 4. The summed E-state index contributed by atoms with van der Waals surface area (Å²) in [6.45, 7) is 6.38. The predicted molar refractivity (Wildman–Crippen MR) is 128 cm³/mol. The van der Waals surface area contributed by atoms with Crippen molar-refractivity contribution in [3.8, 4) is 0 Å². The highest BCUT2D eigenvalue weighted by atomic mass is 32.2. The van der Waals surface area contributed by atoms with Crippen molar-refractivity contribution in [2.75, 3.05) is 4.90 Å². The molecular weight excluding hydrogens is 416 g/mol. The van der Waals surface area contributed by atoms with Crippen molar-refractivity contribution < 1.29 is 8.42 Å². The smallest absolute Gasteiger partial charge is 0.208 e. The highest BCUT2D eigenvalue weighted by Gasteiger charge is 2.37. The van der Waals surface area contributed by atoms with Gasteiger partial charge in [-0.25, -0.2) is 13.4 Å². The van der Waals surface area contributed by atoms with Crippen molar-refractivity contribution in [1.82, 2.24) is 4.98 Å². The first-order valence-electron chi connectivity index (χ1n) is 10.6. The van der Waals surface area contributed by atoms with E-state index < -0.39 is 9.84 Å². The molecule has 0 saturated carbocycles. The number of nitrogens with zero attached hydrogens (tertiary/aromatic N) is 2. The molecule has 4 nitrogen and oxygen atoms in total. The lowest BCUT2D eigenvalue weighted by molar-refractivity contribution is 0.595. The van der Waals surface area contributed by atoms with Crippen molar-refractivity contribution in [3.63, 3.8) is 0 Å². The van der Waals surface area contributed by atoms with Gasteiger partial charge in [-0.15, -0.1) is 0 Å². The first kappa shape index (κ1) is 20.5. The quantitative estimate of drug-likeness (QED) is 0.373. The van der Waals surface area contributed by atoms with E-state index in [1.807, 2.05) is 19.1 Å². The number of pyridine rings is 1. The molecule has 2 heterocycles. The number of aromatic nitrogens is 1. The monoisotopic (exact) mass is 440 g/mol. The van der Waals surface area contributed by atoms with Gasteiger partial charge in [-0.3, -0.25) is 4.90 Å². The number of benzene rings is 3. The number of para-hydroxylation sites is 2. The maximum Gasteiger partial charge on any atom is 0.208 e. The van der Waals surface area contributed by atoms with Crippen molar-refractivity contribution in [1.29, 1.82) is 0 Å².